The van der Waals surface area contributed by atoms with Crippen LogP contribution in [0.3, 0.4) is 0 Å². The maximum Gasteiger partial charge on any atom is 0.358 e. The van der Waals surface area contributed by atoms with Gasteiger partial charge in [-0.15, -0.1) is 0 Å². The number of carboxylic acids is 1. The number of oxazole rings is 1. The van der Waals surface area contributed by atoms with E-state index in [1.165, 1.54) is 12.6 Å². The number of aromatic carboxylic acids is 1. The van der Waals surface area contributed by atoms with Crippen LogP contribution in [0.15, 0.2) is 17.0 Å². The smallest absolute Gasteiger partial charge is 0.358 e. The first kappa shape index (κ1) is 8.30. The molecule has 2 aromatic heterocycles. The summed E-state index contributed by atoms with van der Waals surface area (Å²) in [6.45, 7) is 0. The van der Waals surface area contributed by atoms with Crippen LogP contribution in [-0.2, 0) is 0 Å². The van der Waals surface area contributed by atoms with E-state index < -0.39 is 5.97 Å². The zero-order valence-corrected chi connectivity index (χ0v) is 6.89. The molecule has 2 heterocycles. The van der Waals surface area contributed by atoms with E-state index in [0.29, 0.717) is 11.5 Å². The standard InChI is InChI=1S/C7H6N4O3/c8-4-5(3-1-9-2-14-3)10-11-6(4)7(12)13/h1-2H,8H2,(H,10,11)(H,12,13). The number of hydrogen-bond acceptors (Lipinski definition) is 5. The number of nitrogens with one attached hydrogen (secondary N) is 1. The van der Waals surface area contributed by atoms with Crippen molar-refractivity contribution in [1.29, 1.82) is 0 Å². The van der Waals surface area contributed by atoms with Crippen molar-refractivity contribution in [2.24, 2.45) is 0 Å². The van der Waals surface area contributed by atoms with Gasteiger partial charge in [0, 0.05) is 0 Å². The molecule has 2 rings (SSSR count). The lowest BCUT2D eigenvalue weighted by Crippen LogP contribution is -2.01. The lowest BCUT2D eigenvalue weighted by atomic mass is 10.2. The van der Waals surface area contributed by atoms with Crippen molar-refractivity contribution in [2.45, 2.75) is 0 Å². The normalized spacial score (nSPS) is 10.3. The SMILES string of the molecule is Nc1c(C(=O)O)n[nH]c1-c1cnco1. The number of nitrogens with two attached hydrogens (primary N) is 1. The number of aromatic nitrogens is 3. The molecule has 0 saturated heterocycles. The van der Waals surface area contributed by atoms with Crippen molar-refractivity contribution < 1.29 is 14.3 Å². The van der Waals surface area contributed by atoms with Crippen molar-refractivity contribution in [3.63, 3.8) is 0 Å². The van der Waals surface area contributed by atoms with E-state index in [2.05, 4.69) is 15.2 Å². The van der Waals surface area contributed by atoms with Crippen LogP contribution in [0, 0.1) is 0 Å². The highest BCUT2D eigenvalue weighted by atomic mass is 16.4. The summed E-state index contributed by atoms with van der Waals surface area (Å²) >= 11 is 0. The van der Waals surface area contributed by atoms with Gasteiger partial charge in [0.15, 0.2) is 17.8 Å². The molecule has 14 heavy (non-hydrogen) atoms. The number of H-pyrrole nitrogens is 1. The van der Waals surface area contributed by atoms with Crippen LogP contribution in [0.5, 0.6) is 0 Å². The summed E-state index contributed by atoms with van der Waals surface area (Å²) in [6.07, 6.45) is 2.63. The van der Waals surface area contributed by atoms with Gasteiger partial charge in [0.05, 0.1) is 11.9 Å². The highest BCUT2D eigenvalue weighted by molar-refractivity contribution is 5.94. The van der Waals surface area contributed by atoms with Crippen LogP contribution in [0.25, 0.3) is 11.5 Å². The van der Waals surface area contributed by atoms with Gasteiger partial charge in [-0.05, 0) is 0 Å². The highest BCUT2D eigenvalue weighted by Gasteiger charge is 2.18. The van der Waals surface area contributed by atoms with E-state index in [-0.39, 0.29) is 11.4 Å². The highest BCUT2D eigenvalue weighted by Crippen LogP contribution is 2.25. The average molecular weight is 194 g/mol. The maximum absolute atomic E-state index is 10.6. The van der Waals surface area contributed by atoms with Gasteiger partial charge in [-0.25, -0.2) is 9.78 Å². The molecule has 0 unspecified atom stereocenters. The molecule has 0 saturated carbocycles. The predicted octanol–water partition coefficient (Wildman–Crippen LogP) is 0.345. The molecule has 0 radical (unpaired) electrons. The lowest BCUT2D eigenvalue weighted by molar-refractivity contribution is 0.0691. The Morgan fingerprint density at radius 3 is 2.93 bits per heavy atom. The van der Waals surface area contributed by atoms with E-state index >= 15 is 0 Å². The van der Waals surface area contributed by atoms with Gasteiger partial charge in [0.2, 0.25) is 0 Å². The molecule has 0 aliphatic heterocycles. The second-order valence-corrected chi connectivity index (χ2v) is 2.53. The molecule has 0 spiro atoms. The van der Waals surface area contributed by atoms with Gasteiger partial charge in [-0.1, -0.05) is 0 Å². The zero-order chi connectivity index (χ0) is 10.1. The Morgan fingerprint density at radius 1 is 1.64 bits per heavy atom. The lowest BCUT2D eigenvalue weighted by Gasteiger charge is -1.92. The van der Waals surface area contributed by atoms with Gasteiger partial charge in [-0.2, -0.15) is 5.10 Å². The van der Waals surface area contributed by atoms with Crippen molar-refractivity contribution >= 4 is 11.7 Å². The molecule has 0 fully saturated rings. The summed E-state index contributed by atoms with van der Waals surface area (Å²) in [5.41, 5.74) is 5.66. The van der Waals surface area contributed by atoms with Gasteiger partial charge >= 0.3 is 5.97 Å². The molecule has 0 bridgehead atoms. The molecule has 0 aliphatic carbocycles. The first-order valence-electron chi connectivity index (χ1n) is 3.66. The molecule has 7 nitrogen and oxygen atoms in total. The van der Waals surface area contributed by atoms with Gasteiger partial charge in [0.1, 0.15) is 5.69 Å². The molecule has 2 aromatic rings. The Morgan fingerprint density at radius 2 is 2.43 bits per heavy atom. The van der Waals surface area contributed by atoms with Crippen LogP contribution in [-0.4, -0.2) is 26.3 Å². The van der Waals surface area contributed by atoms with Crippen LogP contribution in [0.1, 0.15) is 10.5 Å². The molecule has 0 atom stereocenters. The van der Waals surface area contributed by atoms with Crippen molar-refractivity contribution in [3.05, 3.63) is 18.3 Å². The number of anilines is 1. The quantitative estimate of drug-likeness (QED) is 0.634. The second kappa shape index (κ2) is 2.87. The number of hydrogen-bond donors (Lipinski definition) is 3. The van der Waals surface area contributed by atoms with Gasteiger partial charge < -0.3 is 15.3 Å². The largest absolute Gasteiger partial charge is 0.476 e. The van der Waals surface area contributed by atoms with E-state index in [9.17, 15) is 4.79 Å². The van der Waals surface area contributed by atoms with Crippen LogP contribution < -0.4 is 5.73 Å². The van der Waals surface area contributed by atoms with Crippen molar-refractivity contribution in [3.8, 4) is 11.5 Å². The van der Waals surface area contributed by atoms with Gasteiger partial charge in [-0.3, -0.25) is 5.10 Å². The number of nitrogens with zero attached hydrogens (tertiary/aromatic N) is 2. The number of rotatable bonds is 2. The Bertz CT molecular complexity index is 459. The molecule has 0 amide bonds. The minimum Gasteiger partial charge on any atom is -0.476 e. The van der Waals surface area contributed by atoms with Crippen LogP contribution in [0.2, 0.25) is 0 Å². The number of carbonyl (C=O) groups is 1. The first-order chi connectivity index (χ1) is 6.70. The Hall–Kier alpha value is -2.31. The third kappa shape index (κ3) is 1.11. The number of carboxylic acid groups (broad SMARTS) is 1. The molecule has 72 valence electrons. The van der Waals surface area contributed by atoms with Crippen LogP contribution >= 0.6 is 0 Å². The summed E-state index contributed by atoms with van der Waals surface area (Å²) in [6, 6.07) is 0. The van der Waals surface area contributed by atoms with Crippen LogP contribution in [0.4, 0.5) is 5.69 Å². The molecule has 4 N–H and O–H groups in total. The fourth-order valence-corrected chi connectivity index (χ4v) is 1.04. The molecule has 0 aromatic carbocycles. The zero-order valence-electron chi connectivity index (χ0n) is 6.89. The molecular formula is C7H6N4O3. The Balaban J connectivity index is 2.52. The van der Waals surface area contributed by atoms with E-state index in [4.69, 9.17) is 15.3 Å². The summed E-state index contributed by atoms with van der Waals surface area (Å²) in [4.78, 5) is 14.3. The fraction of sp³-hybridized carbons (Fsp3) is 0. The maximum atomic E-state index is 10.6. The van der Waals surface area contributed by atoms with Gasteiger partial charge in [0.25, 0.3) is 0 Å². The number of nitrogen functional groups attached to an aromatic ring is 1. The predicted molar refractivity (Wildman–Crippen MR) is 45.5 cm³/mol. The first-order valence-corrected chi connectivity index (χ1v) is 3.66. The Kier molecular flexibility index (Phi) is 1.70. The fourth-order valence-electron chi connectivity index (χ4n) is 1.04. The minimum atomic E-state index is -1.19. The summed E-state index contributed by atoms with van der Waals surface area (Å²) in [7, 11) is 0. The topological polar surface area (TPSA) is 118 Å². The average Bonchev–Trinajstić information content (AvgIpc) is 2.71. The third-order valence-electron chi connectivity index (χ3n) is 1.69. The summed E-state index contributed by atoms with van der Waals surface area (Å²) in [5, 5.41) is 14.7. The molecule has 7 heteroatoms. The van der Waals surface area contributed by atoms with E-state index in [0.717, 1.165) is 0 Å². The molecular weight excluding hydrogens is 188 g/mol. The summed E-state index contributed by atoms with van der Waals surface area (Å²) in [5.74, 6) is -0.841. The second-order valence-electron chi connectivity index (χ2n) is 2.53. The molecule has 0 aliphatic rings. The number of aromatic amines is 1. The van der Waals surface area contributed by atoms with E-state index in [1.54, 1.807) is 0 Å². The monoisotopic (exact) mass is 194 g/mol. The summed E-state index contributed by atoms with van der Waals surface area (Å²) < 4.78 is 4.94. The minimum absolute atomic E-state index is 0.0363. The Labute approximate surface area is 77.6 Å². The van der Waals surface area contributed by atoms with Crippen molar-refractivity contribution in [1.82, 2.24) is 15.2 Å². The van der Waals surface area contributed by atoms with Crippen molar-refractivity contribution in [2.75, 3.05) is 5.73 Å². The van der Waals surface area contributed by atoms with E-state index in [1.807, 2.05) is 0 Å². The third-order valence-corrected chi connectivity index (χ3v) is 1.69.